The van der Waals surface area contributed by atoms with E-state index >= 15 is 0 Å². The smallest absolute Gasteiger partial charge is 0.136 e. The van der Waals surface area contributed by atoms with Gasteiger partial charge >= 0.3 is 0 Å². The molecule has 0 N–H and O–H groups in total. The van der Waals surface area contributed by atoms with Crippen molar-refractivity contribution in [1.29, 1.82) is 0 Å². The third-order valence-corrected chi connectivity index (χ3v) is 1.66. The summed E-state index contributed by atoms with van der Waals surface area (Å²) in [7, 11) is 0. The number of hydrogen-bond acceptors (Lipinski definition) is 1. The van der Waals surface area contributed by atoms with Crippen LogP contribution >= 0.6 is 0 Å². The Hall–Kier alpha value is -0.590. The molecule has 1 atom stereocenters. The monoisotopic (exact) mass is 140 g/mol. The lowest BCUT2D eigenvalue weighted by atomic mass is 9.93. The van der Waals surface area contributed by atoms with Crippen molar-refractivity contribution in [3.63, 3.8) is 0 Å². The normalized spacial score (nSPS) is 12.7. The average Bonchev–Trinajstić information content (AvgIpc) is 1.81. The molecule has 0 radical (unpaired) electrons. The molecule has 0 heterocycles. The standard InChI is InChI=1S/C9H16O/c1-5-6-9(7(2)3)8(4)10/h9H,2,5-6H2,1,3-4H3. The second kappa shape index (κ2) is 4.26. The van der Waals surface area contributed by atoms with Crippen LogP contribution in [0.25, 0.3) is 0 Å². The van der Waals surface area contributed by atoms with Crippen molar-refractivity contribution in [2.45, 2.75) is 33.6 Å². The number of allylic oxidation sites excluding steroid dienone is 1. The van der Waals surface area contributed by atoms with E-state index in [1.54, 1.807) is 6.92 Å². The van der Waals surface area contributed by atoms with Gasteiger partial charge in [0.05, 0.1) is 0 Å². The highest BCUT2D eigenvalue weighted by atomic mass is 16.1. The van der Waals surface area contributed by atoms with Gasteiger partial charge in [-0.2, -0.15) is 0 Å². The highest BCUT2D eigenvalue weighted by Gasteiger charge is 2.12. The summed E-state index contributed by atoms with van der Waals surface area (Å²) in [6.45, 7) is 9.41. The van der Waals surface area contributed by atoms with Crippen molar-refractivity contribution in [2.75, 3.05) is 0 Å². The van der Waals surface area contributed by atoms with Crippen LogP contribution in [0.15, 0.2) is 12.2 Å². The molecule has 1 unspecified atom stereocenters. The third kappa shape index (κ3) is 2.81. The second-order valence-electron chi connectivity index (χ2n) is 2.80. The van der Waals surface area contributed by atoms with Crippen LogP contribution in [0.4, 0.5) is 0 Å². The number of rotatable bonds is 4. The van der Waals surface area contributed by atoms with Crippen molar-refractivity contribution in [3.05, 3.63) is 12.2 Å². The van der Waals surface area contributed by atoms with Crippen LogP contribution < -0.4 is 0 Å². The highest BCUT2D eigenvalue weighted by Crippen LogP contribution is 2.15. The van der Waals surface area contributed by atoms with Crippen LogP contribution in [0.2, 0.25) is 0 Å². The van der Waals surface area contributed by atoms with Crippen molar-refractivity contribution in [3.8, 4) is 0 Å². The van der Waals surface area contributed by atoms with Crippen molar-refractivity contribution < 1.29 is 4.79 Å². The third-order valence-electron chi connectivity index (χ3n) is 1.66. The van der Waals surface area contributed by atoms with Gasteiger partial charge in [-0.25, -0.2) is 0 Å². The molecular formula is C9H16O. The molecule has 0 saturated carbocycles. The number of carbonyl (C=O) groups is 1. The van der Waals surface area contributed by atoms with Gasteiger partial charge < -0.3 is 0 Å². The first-order chi connectivity index (χ1) is 4.59. The largest absolute Gasteiger partial charge is 0.299 e. The van der Waals surface area contributed by atoms with E-state index in [0.717, 1.165) is 18.4 Å². The lowest BCUT2D eigenvalue weighted by Gasteiger charge is -2.10. The van der Waals surface area contributed by atoms with E-state index in [1.807, 2.05) is 6.92 Å². The second-order valence-corrected chi connectivity index (χ2v) is 2.80. The maximum absolute atomic E-state index is 10.9. The van der Waals surface area contributed by atoms with Crippen LogP contribution in [0.1, 0.15) is 33.6 Å². The Bertz CT molecular complexity index is 122. The Morgan fingerprint density at radius 1 is 1.50 bits per heavy atom. The Labute approximate surface area is 63.1 Å². The molecule has 1 heteroatoms. The molecule has 0 spiro atoms. The molecule has 0 aliphatic rings. The molecule has 0 aromatic carbocycles. The topological polar surface area (TPSA) is 17.1 Å². The Morgan fingerprint density at radius 2 is 2.00 bits per heavy atom. The molecule has 1 nitrogen and oxygen atoms in total. The van der Waals surface area contributed by atoms with E-state index in [0.29, 0.717) is 0 Å². The molecule has 0 fully saturated rings. The lowest BCUT2D eigenvalue weighted by molar-refractivity contribution is -0.119. The molecule has 58 valence electrons. The highest BCUT2D eigenvalue weighted by molar-refractivity contribution is 5.80. The van der Waals surface area contributed by atoms with Crippen LogP contribution in [-0.2, 0) is 4.79 Å². The molecule has 0 saturated heterocycles. The number of ketones is 1. The first kappa shape index (κ1) is 9.41. The minimum absolute atomic E-state index is 0.102. The molecule has 10 heavy (non-hydrogen) atoms. The molecule has 0 amide bonds. The summed E-state index contributed by atoms with van der Waals surface area (Å²) in [5.74, 6) is 0.347. The number of Topliss-reactive ketones (excluding diaryl/α,β-unsaturated/α-hetero) is 1. The van der Waals surface area contributed by atoms with Gasteiger partial charge in [0.25, 0.3) is 0 Å². The molecule has 0 bridgehead atoms. The van der Waals surface area contributed by atoms with Gasteiger partial charge in [-0.05, 0) is 20.3 Å². The summed E-state index contributed by atoms with van der Waals surface area (Å²) in [6, 6.07) is 0. The van der Waals surface area contributed by atoms with Crippen molar-refractivity contribution in [1.82, 2.24) is 0 Å². The SMILES string of the molecule is C=C(C)C(CCC)C(C)=O. The summed E-state index contributed by atoms with van der Waals surface area (Å²) in [6.07, 6.45) is 2.00. The van der Waals surface area contributed by atoms with Gasteiger partial charge in [0.2, 0.25) is 0 Å². The van der Waals surface area contributed by atoms with Crippen molar-refractivity contribution >= 4 is 5.78 Å². The predicted molar refractivity (Wildman–Crippen MR) is 43.9 cm³/mol. The quantitative estimate of drug-likeness (QED) is 0.548. The van der Waals surface area contributed by atoms with Gasteiger partial charge in [-0.3, -0.25) is 4.79 Å². The van der Waals surface area contributed by atoms with Gasteiger partial charge in [-0.15, -0.1) is 0 Å². The fourth-order valence-corrected chi connectivity index (χ4v) is 1.09. The van der Waals surface area contributed by atoms with E-state index in [2.05, 4.69) is 13.5 Å². The van der Waals surface area contributed by atoms with Gasteiger partial charge in [0, 0.05) is 5.92 Å². The average molecular weight is 140 g/mol. The van der Waals surface area contributed by atoms with Gasteiger partial charge in [-0.1, -0.05) is 25.5 Å². The molecular weight excluding hydrogens is 124 g/mol. The molecule has 0 rings (SSSR count). The molecule has 0 aliphatic carbocycles. The van der Waals surface area contributed by atoms with E-state index in [4.69, 9.17) is 0 Å². The molecule has 0 aliphatic heterocycles. The summed E-state index contributed by atoms with van der Waals surface area (Å²) in [5, 5.41) is 0. The van der Waals surface area contributed by atoms with E-state index in [1.165, 1.54) is 0 Å². The first-order valence-electron chi connectivity index (χ1n) is 3.75. The Kier molecular flexibility index (Phi) is 4.01. The minimum Gasteiger partial charge on any atom is -0.299 e. The maximum atomic E-state index is 10.9. The van der Waals surface area contributed by atoms with Gasteiger partial charge in [0.1, 0.15) is 5.78 Å². The van der Waals surface area contributed by atoms with E-state index in [9.17, 15) is 4.79 Å². The molecule has 0 aromatic rings. The summed E-state index contributed by atoms with van der Waals surface area (Å²) < 4.78 is 0. The Balaban J connectivity index is 3.98. The fourth-order valence-electron chi connectivity index (χ4n) is 1.09. The lowest BCUT2D eigenvalue weighted by Crippen LogP contribution is -2.10. The number of hydrogen-bond donors (Lipinski definition) is 0. The van der Waals surface area contributed by atoms with Crippen molar-refractivity contribution in [2.24, 2.45) is 5.92 Å². The predicted octanol–water partition coefficient (Wildman–Crippen LogP) is 2.57. The first-order valence-corrected chi connectivity index (χ1v) is 3.75. The fraction of sp³-hybridized carbons (Fsp3) is 0.667. The van der Waals surface area contributed by atoms with Crippen LogP contribution in [-0.4, -0.2) is 5.78 Å². The zero-order valence-electron chi connectivity index (χ0n) is 7.11. The summed E-state index contributed by atoms with van der Waals surface area (Å²) in [4.78, 5) is 10.9. The molecule has 0 aromatic heterocycles. The van der Waals surface area contributed by atoms with Gasteiger partial charge in [0.15, 0.2) is 0 Å². The van der Waals surface area contributed by atoms with Crippen LogP contribution in [0.5, 0.6) is 0 Å². The van der Waals surface area contributed by atoms with E-state index < -0.39 is 0 Å². The minimum atomic E-state index is 0.102. The summed E-state index contributed by atoms with van der Waals surface area (Å²) in [5.41, 5.74) is 0.995. The Morgan fingerprint density at radius 3 is 2.10 bits per heavy atom. The van der Waals surface area contributed by atoms with Crippen LogP contribution in [0.3, 0.4) is 0 Å². The van der Waals surface area contributed by atoms with Crippen LogP contribution in [0, 0.1) is 5.92 Å². The van der Waals surface area contributed by atoms with E-state index in [-0.39, 0.29) is 11.7 Å². The maximum Gasteiger partial charge on any atom is 0.136 e. The number of carbonyl (C=O) groups excluding carboxylic acids is 1. The zero-order chi connectivity index (χ0) is 8.15. The summed E-state index contributed by atoms with van der Waals surface area (Å²) >= 11 is 0. The zero-order valence-corrected chi connectivity index (χ0v) is 7.11.